The van der Waals surface area contributed by atoms with E-state index in [2.05, 4.69) is 10.3 Å². The fourth-order valence-electron chi connectivity index (χ4n) is 1.70. The maximum atomic E-state index is 5.75. The van der Waals surface area contributed by atoms with Crippen molar-refractivity contribution in [3.8, 4) is 5.75 Å². The normalized spacial score (nSPS) is 10.2. The Morgan fingerprint density at radius 1 is 1.17 bits per heavy atom. The van der Waals surface area contributed by atoms with Crippen molar-refractivity contribution in [2.45, 2.75) is 13.8 Å². The summed E-state index contributed by atoms with van der Waals surface area (Å²) < 4.78 is 5.31. The monoisotopic (exact) mass is 243 g/mol. The quantitative estimate of drug-likeness (QED) is 0.869. The molecule has 2 rings (SSSR count). The molecule has 0 amide bonds. The van der Waals surface area contributed by atoms with Crippen LogP contribution in [0.1, 0.15) is 11.3 Å². The molecule has 18 heavy (non-hydrogen) atoms. The minimum Gasteiger partial charge on any atom is -0.495 e. The van der Waals surface area contributed by atoms with Gasteiger partial charge in [0.25, 0.3) is 0 Å². The number of aromatic nitrogens is 1. The van der Waals surface area contributed by atoms with Crippen LogP contribution in [0.25, 0.3) is 0 Å². The van der Waals surface area contributed by atoms with Crippen molar-refractivity contribution in [1.82, 2.24) is 4.98 Å². The van der Waals surface area contributed by atoms with Crippen LogP contribution in [0.3, 0.4) is 0 Å². The molecular formula is C14H17N3O. The van der Waals surface area contributed by atoms with Gasteiger partial charge in [-0.1, -0.05) is 6.07 Å². The lowest BCUT2D eigenvalue weighted by atomic mass is 10.2. The maximum absolute atomic E-state index is 5.75. The first-order valence-electron chi connectivity index (χ1n) is 5.75. The summed E-state index contributed by atoms with van der Waals surface area (Å²) in [5.41, 5.74) is 9.31. The van der Waals surface area contributed by atoms with Crippen molar-refractivity contribution in [1.29, 1.82) is 0 Å². The Balaban J connectivity index is 2.33. The highest BCUT2D eigenvalue weighted by Crippen LogP contribution is 2.28. The molecule has 0 aliphatic carbocycles. The van der Waals surface area contributed by atoms with Crippen molar-refractivity contribution >= 4 is 17.2 Å². The molecule has 4 nitrogen and oxygen atoms in total. The van der Waals surface area contributed by atoms with E-state index in [0.717, 1.165) is 28.5 Å². The van der Waals surface area contributed by atoms with Gasteiger partial charge in [0.15, 0.2) is 0 Å². The molecule has 94 valence electrons. The molecule has 1 aromatic heterocycles. The minimum absolute atomic E-state index is 0.691. The average molecular weight is 243 g/mol. The van der Waals surface area contributed by atoms with Gasteiger partial charge in [-0.15, -0.1) is 0 Å². The third-order valence-corrected chi connectivity index (χ3v) is 2.74. The Kier molecular flexibility index (Phi) is 3.37. The van der Waals surface area contributed by atoms with Crippen LogP contribution < -0.4 is 15.8 Å². The molecule has 0 atom stereocenters. The number of rotatable bonds is 3. The lowest BCUT2D eigenvalue weighted by Gasteiger charge is -2.12. The number of hydrogen-bond acceptors (Lipinski definition) is 4. The van der Waals surface area contributed by atoms with Crippen LogP contribution in [0.4, 0.5) is 17.2 Å². The second-order valence-electron chi connectivity index (χ2n) is 4.20. The number of benzene rings is 1. The van der Waals surface area contributed by atoms with Crippen LogP contribution in [0, 0.1) is 13.8 Å². The van der Waals surface area contributed by atoms with Crippen molar-refractivity contribution in [3.05, 3.63) is 41.6 Å². The molecule has 1 heterocycles. The molecular weight excluding hydrogens is 226 g/mol. The van der Waals surface area contributed by atoms with E-state index in [1.807, 2.05) is 44.2 Å². The molecule has 1 aromatic carbocycles. The fourth-order valence-corrected chi connectivity index (χ4v) is 1.70. The first kappa shape index (κ1) is 12.2. The predicted octanol–water partition coefficient (Wildman–Crippen LogP) is 3.03. The number of nitrogens with one attached hydrogen (secondary N) is 1. The van der Waals surface area contributed by atoms with Gasteiger partial charge in [-0.25, -0.2) is 4.98 Å². The number of aryl methyl sites for hydroxylation is 2. The van der Waals surface area contributed by atoms with E-state index in [1.165, 1.54) is 0 Å². The highest BCUT2D eigenvalue weighted by Gasteiger charge is 2.05. The number of nitrogens with two attached hydrogens (primary N) is 1. The first-order valence-corrected chi connectivity index (χ1v) is 5.75. The van der Waals surface area contributed by atoms with Crippen LogP contribution >= 0.6 is 0 Å². The summed E-state index contributed by atoms with van der Waals surface area (Å²) >= 11 is 0. The van der Waals surface area contributed by atoms with Gasteiger partial charge in [0.2, 0.25) is 0 Å². The lowest BCUT2D eigenvalue weighted by Crippen LogP contribution is -2.00. The van der Waals surface area contributed by atoms with Gasteiger partial charge < -0.3 is 15.8 Å². The Bertz CT molecular complexity index is 567. The van der Waals surface area contributed by atoms with E-state index < -0.39 is 0 Å². The molecule has 0 saturated heterocycles. The molecule has 0 radical (unpaired) electrons. The topological polar surface area (TPSA) is 60.2 Å². The summed E-state index contributed by atoms with van der Waals surface area (Å²) in [7, 11) is 1.65. The van der Waals surface area contributed by atoms with Gasteiger partial charge in [-0.3, -0.25) is 0 Å². The predicted molar refractivity (Wildman–Crippen MR) is 74.4 cm³/mol. The number of nitrogens with zero attached hydrogens (tertiary/aromatic N) is 1. The van der Waals surface area contributed by atoms with Gasteiger partial charge in [-0.05, 0) is 43.7 Å². The first-order chi connectivity index (χ1) is 8.60. The highest BCUT2D eigenvalue weighted by atomic mass is 16.5. The highest BCUT2D eigenvalue weighted by molar-refractivity contribution is 5.66. The van der Waals surface area contributed by atoms with Gasteiger partial charge in [0.05, 0.1) is 24.2 Å². The van der Waals surface area contributed by atoms with E-state index in [0.29, 0.717) is 5.69 Å². The zero-order valence-corrected chi connectivity index (χ0v) is 10.8. The number of ether oxygens (including phenoxy) is 1. The molecule has 4 heteroatoms. The summed E-state index contributed by atoms with van der Waals surface area (Å²) in [5, 5.41) is 3.24. The van der Waals surface area contributed by atoms with E-state index in [1.54, 1.807) is 7.11 Å². The van der Waals surface area contributed by atoms with Gasteiger partial charge >= 0.3 is 0 Å². The molecule has 0 spiro atoms. The summed E-state index contributed by atoms with van der Waals surface area (Å²) in [6, 6.07) is 9.65. The van der Waals surface area contributed by atoms with Gasteiger partial charge in [0, 0.05) is 0 Å². The lowest BCUT2D eigenvalue weighted by molar-refractivity contribution is 0.416. The standard InChI is InChI=1S/C14H17N3O/c1-9-4-6-13(18-3)12(8-9)17-14-7-5-11(15)10(2)16-14/h4-8H,15H2,1-3H3,(H,16,17). The van der Waals surface area contributed by atoms with Crippen molar-refractivity contribution in [2.24, 2.45) is 0 Å². The molecule has 2 aromatic rings. The van der Waals surface area contributed by atoms with Crippen LogP contribution in [0.15, 0.2) is 30.3 Å². The van der Waals surface area contributed by atoms with Crippen molar-refractivity contribution < 1.29 is 4.74 Å². The van der Waals surface area contributed by atoms with Crippen molar-refractivity contribution in [2.75, 3.05) is 18.2 Å². The third kappa shape index (κ3) is 2.53. The zero-order valence-electron chi connectivity index (χ0n) is 10.8. The SMILES string of the molecule is COc1ccc(C)cc1Nc1ccc(N)c(C)n1. The Labute approximate surface area is 107 Å². The number of hydrogen-bond donors (Lipinski definition) is 2. The molecule has 0 saturated carbocycles. The van der Waals surface area contributed by atoms with Crippen LogP contribution in [-0.2, 0) is 0 Å². The van der Waals surface area contributed by atoms with E-state index in [4.69, 9.17) is 10.5 Å². The fraction of sp³-hybridized carbons (Fsp3) is 0.214. The summed E-state index contributed by atoms with van der Waals surface area (Å²) in [5.74, 6) is 1.54. The number of anilines is 3. The van der Waals surface area contributed by atoms with E-state index in [-0.39, 0.29) is 0 Å². The molecule has 0 unspecified atom stereocenters. The molecule has 0 aliphatic heterocycles. The summed E-state index contributed by atoms with van der Waals surface area (Å²) in [4.78, 5) is 4.38. The summed E-state index contributed by atoms with van der Waals surface area (Å²) in [6.45, 7) is 3.92. The zero-order chi connectivity index (χ0) is 13.1. The van der Waals surface area contributed by atoms with Crippen LogP contribution in [-0.4, -0.2) is 12.1 Å². The number of nitrogen functional groups attached to an aromatic ring is 1. The Morgan fingerprint density at radius 2 is 1.94 bits per heavy atom. The minimum atomic E-state index is 0.691. The van der Waals surface area contributed by atoms with Gasteiger partial charge in [-0.2, -0.15) is 0 Å². The molecule has 0 fully saturated rings. The van der Waals surface area contributed by atoms with E-state index in [9.17, 15) is 0 Å². The molecule has 0 aliphatic rings. The Morgan fingerprint density at radius 3 is 2.61 bits per heavy atom. The van der Waals surface area contributed by atoms with Crippen molar-refractivity contribution in [3.63, 3.8) is 0 Å². The molecule has 0 bridgehead atoms. The van der Waals surface area contributed by atoms with Crippen LogP contribution in [0.2, 0.25) is 0 Å². The number of methoxy groups -OCH3 is 1. The Hall–Kier alpha value is -2.23. The summed E-state index contributed by atoms with van der Waals surface area (Å²) in [6.07, 6.45) is 0. The van der Waals surface area contributed by atoms with Gasteiger partial charge in [0.1, 0.15) is 11.6 Å². The number of pyridine rings is 1. The second-order valence-corrected chi connectivity index (χ2v) is 4.20. The maximum Gasteiger partial charge on any atom is 0.142 e. The van der Waals surface area contributed by atoms with Crippen LogP contribution in [0.5, 0.6) is 5.75 Å². The van der Waals surface area contributed by atoms with E-state index >= 15 is 0 Å². The second kappa shape index (κ2) is 4.96. The molecule has 3 N–H and O–H groups in total. The third-order valence-electron chi connectivity index (χ3n) is 2.74. The largest absolute Gasteiger partial charge is 0.495 e. The average Bonchev–Trinajstić information content (AvgIpc) is 2.34. The smallest absolute Gasteiger partial charge is 0.142 e.